The smallest absolute Gasteiger partial charge is 0.0620 e. The Morgan fingerprint density at radius 3 is 1.25 bits per heavy atom. The minimum Gasteiger partial charge on any atom is -0.309 e. The number of hydrogen-bond donors (Lipinski definition) is 0. The molecule has 0 radical (unpaired) electrons. The van der Waals surface area contributed by atoms with Crippen LogP contribution in [0.4, 0.5) is 34.1 Å². The number of nitrogens with zero attached hydrogens (tertiary/aromatic N) is 2. The molecule has 0 fully saturated rings. The molecule has 2 nitrogen and oxygen atoms in total. The van der Waals surface area contributed by atoms with Crippen molar-refractivity contribution in [1.29, 1.82) is 0 Å². The first kappa shape index (κ1) is 32.7. The van der Waals surface area contributed by atoms with Crippen molar-refractivity contribution >= 4 is 77.8 Å². The summed E-state index contributed by atoms with van der Waals surface area (Å²) in [6.07, 6.45) is 0. The molecule has 0 unspecified atom stereocenters. The zero-order valence-electron chi connectivity index (χ0n) is 30.1. The van der Waals surface area contributed by atoms with Crippen LogP contribution in [0.5, 0.6) is 0 Å². The average Bonchev–Trinajstić information content (AvgIpc) is 3.76. The molecule has 0 saturated carbocycles. The van der Waals surface area contributed by atoms with Crippen LogP contribution in [0.25, 0.3) is 53.2 Å². The van der Waals surface area contributed by atoms with Crippen molar-refractivity contribution in [3.8, 4) is 20.9 Å². The molecule has 0 aliphatic heterocycles. The molecular weight excluding hydrogens is 685 g/mol. The lowest BCUT2D eigenvalue weighted by atomic mass is 9.94. The lowest BCUT2D eigenvalue weighted by molar-refractivity contribution is 1.29. The van der Waals surface area contributed by atoms with E-state index in [1.54, 1.807) is 0 Å². The van der Waals surface area contributed by atoms with Gasteiger partial charge in [0.05, 0.1) is 11.4 Å². The third kappa shape index (κ3) is 5.92. The topological polar surface area (TPSA) is 6.48 Å². The second kappa shape index (κ2) is 14.1. The predicted molar refractivity (Wildman–Crippen MR) is 237 cm³/mol. The molecular formula is C52H36N2S. The largest absolute Gasteiger partial charge is 0.309 e. The van der Waals surface area contributed by atoms with Crippen molar-refractivity contribution in [2.24, 2.45) is 0 Å². The molecule has 0 bridgehead atoms. The van der Waals surface area contributed by atoms with Crippen LogP contribution in [0, 0.1) is 0 Å². The van der Waals surface area contributed by atoms with E-state index in [1.165, 1.54) is 53.2 Å². The summed E-state index contributed by atoms with van der Waals surface area (Å²) in [5.41, 5.74) is 9.20. The summed E-state index contributed by atoms with van der Waals surface area (Å²) in [5.74, 6) is 0. The number of para-hydroxylation sites is 4. The zero-order chi connectivity index (χ0) is 36.6. The van der Waals surface area contributed by atoms with Gasteiger partial charge in [0.1, 0.15) is 0 Å². The fraction of sp³-hybridized carbons (Fsp3) is 0. The number of rotatable bonds is 8. The molecule has 10 rings (SSSR count). The second-order valence-electron chi connectivity index (χ2n) is 13.7. The maximum Gasteiger partial charge on any atom is 0.0620 e. The summed E-state index contributed by atoms with van der Waals surface area (Å²) in [5, 5.41) is 7.24. The van der Waals surface area contributed by atoms with Crippen LogP contribution >= 0.6 is 11.3 Å². The minimum atomic E-state index is 1.11. The van der Waals surface area contributed by atoms with E-state index in [-0.39, 0.29) is 0 Å². The minimum absolute atomic E-state index is 1.11. The molecule has 260 valence electrons. The van der Waals surface area contributed by atoms with Gasteiger partial charge in [-0.1, -0.05) is 152 Å². The summed E-state index contributed by atoms with van der Waals surface area (Å²) >= 11 is 1.85. The monoisotopic (exact) mass is 720 g/mol. The predicted octanol–water partition coefficient (Wildman–Crippen LogP) is 15.5. The SMILES string of the molecule is c1ccc(N(c2ccccc2)c2c3ccccc3c(N(c3ccccc3)c3ccccc3)c3cc(-c4ccc(-c5cccc6ccccc56)s4)ccc23)cc1. The average molecular weight is 721 g/mol. The highest BCUT2D eigenvalue weighted by Crippen LogP contribution is 2.52. The summed E-state index contributed by atoms with van der Waals surface area (Å²) in [6.45, 7) is 0. The standard InChI is InChI=1S/C52H36N2S/c1-5-20-39(21-6-1)53(40-22-7-2-8-23-40)51-45-29-15-16-30-46(45)52(54(41-24-9-3-10-25-41)42-26-11-4-12-27-42)48-36-38(32-33-47(48)51)49-34-35-50(55-49)44-31-17-19-37-18-13-14-28-43(37)44/h1-36H. The Morgan fingerprint density at radius 1 is 0.291 bits per heavy atom. The van der Waals surface area contributed by atoms with Gasteiger partial charge >= 0.3 is 0 Å². The molecule has 0 aliphatic rings. The molecule has 9 aromatic carbocycles. The Morgan fingerprint density at radius 2 is 0.709 bits per heavy atom. The number of hydrogen-bond acceptors (Lipinski definition) is 3. The third-order valence-corrected chi connectivity index (χ3v) is 11.6. The Hall–Kier alpha value is -6.94. The molecule has 0 amide bonds. The number of anilines is 6. The molecule has 3 heteroatoms. The van der Waals surface area contributed by atoms with Crippen molar-refractivity contribution in [1.82, 2.24) is 0 Å². The lowest BCUT2D eigenvalue weighted by Gasteiger charge is -2.33. The Labute approximate surface area is 325 Å². The van der Waals surface area contributed by atoms with Crippen molar-refractivity contribution in [2.75, 3.05) is 9.80 Å². The molecule has 0 spiro atoms. The molecule has 0 N–H and O–H groups in total. The van der Waals surface area contributed by atoms with Crippen LogP contribution in [0.15, 0.2) is 218 Å². The molecule has 0 aliphatic carbocycles. The number of thiophene rings is 1. The van der Waals surface area contributed by atoms with E-state index in [0.29, 0.717) is 0 Å². The van der Waals surface area contributed by atoms with E-state index in [0.717, 1.165) is 34.1 Å². The number of fused-ring (bicyclic) bond motifs is 3. The zero-order valence-corrected chi connectivity index (χ0v) is 30.9. The maximum absolute atomic E-state index is 2.43. The van der Waals surface area contributed by atoms with Gasteiger partial charge in [0.25, 0.3) is 0 Å². The van der Waals surface area contributed by atoms with E-state index in [9.17, 15) is 0 Å². The van der Waals surface area contributed by atoms with Crippen LogP contribution in [0.3, 0.4) is 0 Å². The maximum atomic E-state index is 2.43. The van der Waals surface area contributed by atoms with Gasteiger partial charge in [0.2, 0.25) is 0 Å². The Balaban J connectivity index is 1.29. The van der Waals surface area contributed by atoms with E-state index < -0.39 is 0 Å². The van der Waals surface area contributed by atoms with Crippen molar-refractivity contribution in [3.05, 3.63) is 218 Å². The molecule has 55 heavy (non-hydrogen) atoms. The Kier molecular flexibility index (Phi) is 8.40. The van der Waals surface area contributed by atoms with Gasteiger partial charge in [-0.05, 0) is 88.6 Å². The van der Waals surface area contributed by atoms with Crippen LogP contribution < -0.4 is 9.80 Å². The highest BCUT2D eigenvalue weighted by molar-refractivity contribution is 7.18. The quantitative estimate of drug-likeness (QED) is 0.114. The molecule has 0 atom stereocenters. The first-order valence-electron chi connectivity index (χ1n) is 18.7. The van der Waals surface area contributed by atoms with Gasteiger partial charge in [0.15, 0.2) is 0 Å². The van der Waals surface area contributed by atoms with Crippen LogP contribution in [-0.4, -0.2) is 0 Å². The highest BCUT2D eigenvalue weighted by atomic mass is 32.1. The van der Waals surface area contributed by atoms with Crippen molar-refractivity contribution < 1.29 is 0 Å². The number of benzene rings is 9. The van der Waals surface area contributed by atoms with Gasteiger partial charge < -0.3 is 9.80 Å². The third-order valence-electron chi connectivity index (χ3n) is 10.4. The normalized spacial score (nSPS) is 11.3. The first-order valence-corrected chi connectivity index (χ1v) is 19.5. The first-order chi connectivity index (χ1) is 27.3. The van der Waals surface area contributed by atoms with Crippen LogP contribution in [-0.2, 0) is 0 Å². The fourth-order valence-corrected chi connectivity index (χ4v) is 9.01. The van der Waals surface area contributed by atoms with Crippen LogP contribution in [0.1, 0.15) is 0 Å². The van der Waals surface area contributed by atoms with E-state index >= 15 is 0 Å². The van der Waals surface area contributed by atoms with Gasteiger partial charge in [-0.25, -0.2) is 0 Å². The molecule has 1 heterocycles. The molecule has 0 saturated heterocycles. The van der Waals surface area contributed by atoms with Crippen molar-refractivity contribution in [2.45, 2.75) is 0 Å². The summed E-state index contributed by atoms with van der Waals surface area (Å²) in [6, 6.07) is 78.8. The van der Waals surface area contributed by atoms with E-state index in [1.807, 2.05) is 11.3 Å². The summed E-state index contributed by atoms with van der Waals surface area (Å²) in [7, 11) is 0. The fourth-order valence-electron chi connectivity index (χ4n) is 7.97. The van der Waals surface area contributed by atoms with Crippen molar-refractivity contribution in [3.63, 3.8) is 0 Å². The second-order valence-corrected chi connectivity index (χ2v) is 14.8. The van der Waals surface area contributed by atoms with Gasteiger partial charge in [-0.3, -0.25) is 0 Å². The van der Waals surface area contributed by atoms with Gasteiger partial charge in [0, 0.05) is 54.0 Å². The van der Waals surface area contributed by atoms with E-state index in [4.69, 9.17) is 0 Å². The molecule has 1 aromatic heterocycles. The van der Waals surface area contributed by atoms with Crippen LogP contribution in [0.2, 0.25) is 0 Å². The lowest BCUT2D eigenvalue weighted by Crippen LogP contribution is -2.14. The molecule has 10 aromatic rings. The van der Waals surface area contributed by atoms with Gasteiger partial charge in [-0.2, -0.15) is 0 Å². The summed E-state index contributed by atoms with van der Waals surface area (Å²) in [4.78, 5) is 7.36. The Bertz CT molecular complexity index is 2840. The highest BCUT2D eigenvalue weighted by Gasteiger charge is 2.26. The van der Waals surface area contributed by atoms with Gasteiger partial charge in [-0.15, -0.1) is 11.3 Å². The summed E-state index contributed by atoms with van der Waals surface area (Å²) < 4.78 is 0. The van der Waals surface area contributed by atoms with E-state index in [2.05, 4.69) is 228 Å².